The van der Waals surface area contributed by atoms with Crippen LogP contribution in [0.2, 0.25) is 0 Å². The largest absolute Gasteiger partial charge is 0.322 e. The molecule has 0 saturated carbocycles. The number of amides is 1. The molecule has 4 aromatic rings. The Hall–Kier alpha value is -4.29. The average molecular weight is 478 g/mol. The predicted molar refractivity (Wildman–Crippen MR) is 142 cm³/mol. The summed E-state index contributed by atoms with van der Waals surface area (Å²) in [6.07, 6.45) is 5.63. The third kappa shape index (κ3) is 4.69. The van der Waals surface area contributed by atoms with Gasteiger partial charge < -0.3 is 5.32 Å². The van der Waals surface area contributed by atoms with Gasteiger partial charge in [0.25, 0.3) is 11.5 Å². The highest BCUT2D eigenvalue weighted by molar-refractivity contribution is 7.07. The monoisotopic (exact) mass is 477 g/mol. The number of hydrogen-bond acceptors (Lipinski definition) is 4. The fraction of sp³-hybridized carbons (Fsp3) is 0.0690. The molecule has 3 aromatic carbocycles. The Balaban J connectivity index is 1.60. The molecule has 6 heteroatoms. The van der Waals surface area contributed by atoms with Crippen molar-refractivity contribution in [3.63, 3.8) is 0 Å². The number of nitrogens with one attached hydrogen (secondary N) is 1. The molecule has 0 saturated heterocycles. The van der Waals surface area contributed by atoms with Crippen molar-refractivity contribution in [1.82, 2.24) is 4.57 Å². The lowest BCUT2D eigenvalue weighted by Gasteiger charge is -2.25. The van der Waals surface area contributed by atoms with E-state index in [-0.39, 0.29) is 11.5 Å². The summed E-state index contributed by atoms with van der Waals surface area (Å²) in [5.41, 5.74) is 3.48. The topological polar surface area (TPSA) is 63.5 Å². The second-order valence-corrected chi connectivity index (χ2v) is 9.11. The normalized spacial score (nSPS) is 15.7. The molecule has 0 unspecified atom stereocenters. The summed E-state index contributed by atoms with van der Waals surface area (Å²) in [4.78, 5) is 32.3. The Morgan fingerprint density at radius 3 is 2.26 bits per heavy atom. The summed E-state index contributed by atoms with van der Waals surface area (Å²) in [5.74, 6) is -0.274. The van der Waals surface area contributed by atoms with E-state index in [0.717, 1.165) is 11.1 Å². The number of rotatable bonds is 5. The van der Waals surface area contributed by atoms with Crippen molar-refractivity contribution in [2.75, 3.05) is 5.32 Å². The van der Waals surface area contributed by atoms with E-state index in [1.807, 2.05) is 116 Å². The van der Waals surface area contributed by atoms with Crippen molar-refractivity contribution in [3.05, 3.63) is 139 Å². The van der Waals surface area contributed by atoms with Crippen LogP contribution in [0.25, 0.3) is 12.2 Å². The first kappa shape index (κ1) is 22.5. The Morgan fingerprint density at radius 1 is 0.943 bits per heavy atom. The minimum Gasteiger partial charge on any atom is -0.322 e. The van der Waals surface area contributed by atoms with E-state index in [0.29, 0.717) is 26.3 Å². The molecular weight excluding hydrogens is 454 g/mol. The van der Waals surface area contributed by atoms with Gasteiger partial charge in [-0.1, -0.05) is 102 Å². The number of fused-ring (bicyclic) bond motifs is 1. The molecule has 1 atom stereocenters. The van der Waals surface area contributed by atoms with Crippen molar-refractivity contribution in [2.45, 2.75) is 13.0 Å². The van der Waals surface area contributed by atoms with Crippen LogP contribution in [0.5, 0.6) is 0 Å². The van der Waals surface area contributed by atoms with Gasteiger partial charge in [0, 0.05) is 5.69 Å². The van der Waals surface area contributed by atoms with Gasteiger partial charge in [0.1, 0.15) is 0 Å². The molecule has 172 valence electrons. The molecule has 1 aromatic heterocycles. The summed E-state index contributed by atoms with van der Waals surface area (Å²) in [7, 11) is 0. The van der Waals surface area contributed by atoms with Crippen LogP contribution in [0.1, 0.15) is 24.1 Å². The number of para-hydroxylation sites is 1. The highest BCUT2D eigenvalue weighted by Crippen LogP contribution is 2.30. The Bertz CT molecular complexity index is 1600. The van der Waals surface area contributed by atoms with Gasteiger partial charge in [-0.05, 0) is 36.3 Å². The maximum Gasteiger partial charge on any atom is 0.271 e. The lowest BCUT2D eigenvalue weighted by Crippen LogP contribution is -2.40. The number of aromatic nitrogens is 1. The molecule has 35 heavy (non-hydrogen) atoms. The minimum atomic E-state index is -0.573. The molecule has 1 aliphatic heterocycles. The molecule has 1 aliphatic rings. The third-order valence-corrected chi connectivity index (χ3v) is 6.75. The Morgan fingerprint density at radius 2 is 1.57 bits per heavy atom. The van der Waals surface area contributed by atoms with E-state index in [2.05, 4.69) is 10.3 Å². The fourth-order valence-electron chi connectivity index (χ4n) is 4.11. The van der Waals surface area contributed by atoms with Crippen LogP contribution in [-0.2, 0) is 4.79 Å². The first-order valence-electron chi connectivity index (χ1n) is 11.3. The lowest BCUT2D eigenvalue weighted by atomic mass is 9.95. The number of thiazole rings is 1. The van der Waals surface area contributed by atoms with Crippen LogP contribution < -0.4 is 20.2 Å². The van der Waals surface area contributed by atoms with E-state index >= 15 is 0 Å². The molecule has 0 bridgehead atoms. The number of anilines is 1. The van der Waals surface area contributed by atoms with Crippen molar-refractivity contribution >= 4 is 35.1 Å². The average Bonchev–Trinajstić information content (AvgIpc) is 3.19. The summed E-state index contributed by atoms with van der Waals surface area (Å²) >= 11 is 1.33. The van der Waals surface area contributed by atoms with E-state index in [4.69, 9.17) is 0 Å². The predicted octanol–water partition coefficient (Wildman–Crippen LogP) is 4.54. The van der Waals surface area contributed by atoms with Gasteiger partial charge in [0.2, 0.25) is 0 Å². The summed E-state index contributed by atoms with van der Waals surface area (Å²) < 4.78 is 2.20. The Labute approximate surface area is 206 Å². The summed E-state index contributed by atoms with van der Waals surface area (Å²) in [5, 5.41) is 2.96. The zero-order valence-corrected chi connectivity index (χ0v) is 19.9. The summed E-state index contributed by atoms with van der Waals surface area (Å²) in [6.45, 7) is 1.82. The molecule has 0 spiro atoms. The molecule has 1 amide bonds. The van der Waals surface area contributed by atoms with E-state index in [1.54, 1.807) is 4.57 Å². The van der Waals surface area contributed by atoms with Crippen LogP contribution in [0.15, 0.2) is 118 Å². The highest BCUT2D eigenvalue weighted by Gasteiger charge is 2.32. The maximum absolute atomic E-state index is 13.6. The van der Waals surface area contributed by atoms with E-state index in [9.17, 15) is 9.59 Å². The fourth-order valence-corrected chi connectivity index (χ4v) is 5.11. The van der Waals surface area contributed by atoms with Crippen LogP contribution in [0.3, 0.4) is 0 Å². The molecule has 2 heterocycles. The zero-order chi connectivity index (χ0) is 24.2. The quantitative estimate of drug-likeness (QED) is 0.459. The number of carbonyl (C=O) groups excluding carboxylic acids is 1. The van der Waals surface area contributed by atoms with Crippen LogP contribution in [0.4, 0.5) is 5.69 Å². The molecule has 0 radical (unpaired) electrons. The molecule has 1 N–H and O–H groups in total. The number of allylic oxidation sites excluding steroid dienone is 2. The van der Waals surface area contributed by atoms with Gasteiger partial charge in [-0.3, -0.25) is 14.2 Å². The number of carbonyl (C=O) groups is 1. The smallest absolute Gasteiger partial charge is 0.271 e. The highest BCUT2D eigenvalue weighted by atomic mass is 32.1. The van der Waals surface area contributed by atoms with Gasteiger partial charge in [-0.15, -0.1) is 0 Å². The van der Waals surface area contributed by atoms with Gasteiger partial charge in [0.05, 0.1) is 21.8 Å². The van der Waals surface area contributed by atoms with Crippen molar-refractivity contribution in [1.29, 1.82) is 0 Å². The third-order valence-electron chi connectivity index (χ3n) is 5.75. The number of benzene rings is 3. The van der Waals surface area contributed by atoms with Crippen LogP contribution in [0, 0.1) is 0 Å². The molecule has 5 rings (SSSR count). The zero-order valence-electron chi connectivity index (χ0n) is 19.1. The summed E-state index contributed by atoms with van der Waals surface area (Å²) in [6, 6.07) is 28.2. The second-order valence-electron chi connectivity index (χ2n) is 8.10. The first-order chi connectivity index (χ1) is 17.1. The lowest BCUT2D eigenvalue weighted by molar-refractivity contribution is -0.113. The van der Waals surface area contributed by atoms with Crippen molar-refractivity contribution in [3.8, 4) is 0 Å². The second kappa shape index (κ2) is 9.91. The van der Waals surface area contributed by atoms with Gasteiger partial charge >= 0.3 is 0 Å². The SMILES string of the molecule is CC1=C(C(=O)Nc2ccccc2)[C@@H](c2ccccc2)n2c(s/c(=C/C=C\c3ccccc3)c2=O)=N1. The molecular formula is C29H23N3O2S. The Kier molecular flexibility index (Phi) is 6.37. The van der Waals surface area contributed by atoms with E-state index in [1.165, 1.54) is 11.3 Å². The minimum absolute atomic E-state index is 0.169. The maximum atomic E-state index is 13.6. The number of hydrogen-bond donors (Lipinski definition) is 1. The number of nitrogens with zero attached hydrogens (tertiary/aromatic N) is 2. The van der Waals surface area contributed by atoms with Crippen molar-refractivity contribution in [2.24, 2.45) is 4.99 Å². The molecule has 5 nitrogen and oxygen atoms in total. The molecule has 0 aliphatic carbocycles. The van der Waals surface area contributed by atoms with Crippen LogP contribution >= 0.6 is 11.3 Å². The standard InChI is InChI=1S/C29H23N3O2S/c1-20-25(27(33)31-23-17-9-4-10-18-23)26(22-15-7-3-8-16-22)32-28(34)24(35-29(32)30-20)19-11-14-21-12-5-2-6-13-21/h2-19,26H,1H3,(H,31,33)/b14-11-,24-19+/t26-/m1/s1. The van der Waals surface area contributed by atoms with Crippen molar-refractivity contribution < 1.29 is 4.79 Å². The van der Waals surface area contributed by atoms with Gasteiger partial charge in [-0.2, -0.15) is 0 Å². The molecule has 0 fully saturated rings. The van der Waals surface area contributed by atoms with Crippen LogP contribution in [-0.4, -0.2) is 10.5 Å². The first-order valence-corrected chi connectivity index (χ1v) is 12.1. The van der Waals surface area contributed by atoms with Gasteiger partial charge in [0.15, 0.2) is 4.80 Å². The van der Waals surface area contributed by atoms with Gasteiger partial charge in [-0.25, -0.2) is 4.99 Å². The van der Waals surface area contributed by atoms with E-state index < -0.39 is 6.04 Å².